The van der Waals surface area contributed by atoms with Gasteiger partial charge in [0.1, 0.15) is 0 Å². The minimum atomic E-state index is -0.152. The molecular formula is C15H14ClNO. The number of rotatable bonds is 2. The van der Waals surface area contributed by atoms with Crippen molar-refractivity contribution >= 4 is 23.2 Å². The first kappa shape index (κ1) is 12.7. The average Bonchev–Trinajstić information content (AvgIpc) is 2.33. The van der Waals surface area contributed by atoms with Gasteiger partial charge in [0.15, 0.2) is 0 Å². The van der Waals surface area contributed by atoms with Crippen LogP contribution in [0.3, 0.4) is 0 Å². The first-order chi connectivity index (χ1) is 8.56. The van der Waals surface area contributed by atoms with Gasteiger partial charge in [-0.1, -0.05) is 35.4 Å². The van der Waals surface area contributed by atoms with Gasteiger partial charge in [0, 0.05) is 5.56 Å². The van der Waals surface area contributed by atoms with E-state index in [1.54, 1.807) is 12.1 Å². The van der Waals surface area contributed by atoms with Gasteiger partial charge in [-0.2, -0.15) is 0 Å². The van der Waals surface area contributed by atoms with Crippen molar-refractivity contribution in [1.29, 1.82) is 0 Å². The third kappa shape index (κ3) is 2.90. The fourth-order valence-corrected chi connectivity index (χ4v) is 1.90. The van der Waals surface area contributed by atoms with Gasteiger partial charge in [0.05, 0.1) is 10.7 Å². The molecule has 0 aliphatic carbocycles. The Morgan fingerprint density at radius 2 is 1.61 bits per heavy atom. The van der Waals surface area contributed by atoms with E-state index in [9.17, 15) is 4.79 Å². The Morgan fingerprint density at radius 1 is 1.00 bits per heavy atom. The highest BCUT2D eigenvalue weighted by Gasteiger charge is 2.08. The largest absolute Gasteiger partial charge is 0.321 e. The lowest BCUT2D eigenvalue weighted by Crippen LogP contribution is -2.12. The van der Waals surface area contributed by atoms with Crippen LogP contribution in [0.15, 0.2) is 42.5 Å². The molecule has 92 valence electrons. The lowest BCUT2D eigenvalue weighted by molar-refractivity contribution is 0.102. The molecule has 3 heteroatoms. The molecule has 1 N–H and O–H groups in total. The van der Waals surface area contributed by atoms with E-state index in [1.165, 1.54) is 0 Å². The van der Waals surface area contributed by atoms with Gasteiger partial charge in [-0.25, -0.2) is 0 Å². The number of hydrogen-bond acceptors (Lipinski definition) is 1. The van der Waals surface area contributed by atoms with Crippen molar-refractivity contribution in [3.63, 3.8) is 0 Å². The molecule has 0 bridgehead atoms. The minimum absolute atomic E-state index is 0.152. The Bertz CT molecular complexity index is 576. The lowest BCUT2D eigenvalue weighted by atomic mass is 10.1. The topological polar surface area (TPSA) is 29.1 Å². The first-order valence-electron chi connectivity index (χ1n) is 5.70. The Morgan fingerprint density at radius 3 is 2.22 bits per heavy atom. The molecular weight excluding hydrogens is 246 g/mol. The van der Waals surface area contributed by atoms with E-state index < -0.39 is 0 Å². The van der Waals surface area contributed by atoms with Gasteiger partial charge in [-0.15, -0.1) is 0 Å². The number of nitrogens with one attached hydrogen (secondary N) is 1. The molecule has 0 saturated carbocycles. The van der Waals surface area contributed by atoms with Crippen LogP contribution >= 0.6 is 11.6 Å². The van der Waals surface area contributed by atoms with Crippen molar-refractivity contribution < 1.29 is 4.79 Å². The highest BCUT2D eigenvalue weighted by Crippen LogP contribution is 2.23. The molecule has 0 unspecified atom stereocenters. The maximum Gasteiger partial charge on any atom is 0.255 e. The number of amides is 1. The quantitative estimate of drug-likeness (QED) is 0.860. The Kier molecular flexibility index (Phi) is 3.68. The van der Waals surface area contributed by atoms with E-state index in [4.69, 9.17) is 11.6 Å². The Hall–Kier alpha value is -1.80. The van der Waals surface area contributed by atoms with Crippen LogP contribution in [0.5, 0.6) is 0 Å². The summed E-state index contributed by atoms with van der Waals surface area (Å²) in [5.74, 6) is -0.152. The standard InChI is InChI=1S/C15H14ClNO/c1-10-3-6-12(7-4-10)15(18)17-14-8-5-11(2)9-13(14)16/h3-9H,1-2H3,(H,17,18). The second-order valence-electron chi connectivity index (χ2n) is 4.30. The number of carbonyl (C=O) groups excluding carboxylic acids is 1. The molecule has 2 aromatic rings. The monoisotopic (exact) mass is 259 g/mol. The summed E-state index contributed by atoms with van der Waals surface area (Å²) >= 11 is 6.07. The molecule has 0 spiro atoms. The molecule has 0 heterocycles. The second-order valence-corrected chi connectivity index (χ2v) is 4.71. The summed E-state index contributed by atoms with van der Waals surface area (Å²) in [7, 11) is 0. The van der Waals surface area contributed by atoms with Crippen LogP contribution in [0.2, 0.25) is 5.02 Å². The predicted octanol–water partition coefficient (Wildman–Crippen LogP) is 4.21. The fraction of sp³-hybridized carbons (Fsp3) is 0.133. The summed E-state index contributed by atoms with van der Waals surface area (Å²) in [4.78, 5) is 12.0. The number of carbonyl (C=O) groups is 1. The van der Waals surface area contributed by atoms with Gasteiger partial charge in [0.2, 0.25) is 0 Å². The maximum atomic E-state index is 12.0. The molecule has 0 fully saturated rings. The predicted molar refractivity (Wildman–Crippen MR) is 75.3 cm³/mol. The minimum Gasteiger partial charge on any atom is -0.321 e. The summed E-state index contributed by atoms with van der Waals surface area (Å²) in [6, 6.07) is 13.0. The van der Waals surface area contributed by atoms with Crippen molar-refractivity contribution in [2.24, 2.45) is 0 Å². The number of aryl methyl sites for hydroxylation is 2. The third-order valence-electron chi connectivity index (χ3n) is 2.69. The number of hydrogen-bond donors (Lipinski definition) is 1. The molecule has 18 heavy (non-hydrogen) atoms. The summed E-state index contributed by atoms with van der Waals surface area (Å²) in [5, 5.41) is 3.35. The van der Waals surface area contributed by atoms with Crippen molar-refractivity contribution in [3.8, 4) is 0 Å². The van der Waals surface area contributed by atoms with Crippen molar-refractivity contribution in [2.45, 2.75) is 13.8 Å². The van der Waals surface area contributed by atoms with Gasteiger partial charge >= 0.3 is 0 Å². The summed E-state index contributed by atoms with van der Waals surface area (Å²) in [6.07, 6.45) is 0. The maximum absolute atomic E-state index is 12.0. The van der Waals surface area contributed by atoms with Gasteiger partial charge < -0.3 is 5.32 Å². The third-order valence-corrected chi connectivity index (χ3v) is 3.00. The molecule has 2 aromatic carbocycles. The highest BCUT2D eigenvalue weighted by atomic mass is 35.5. The molecule has 0 aromatic heterocycles. The van der Waals surface area contributed by atoms with E-state index >= 15 is 0 Å². The number of benzene rings is 2. The lowest BCUT2D eigenvalue weighted by Gasteiger charge is -2.08. The summed E-state index contributed by atoms with van der Waals surface area (Å²) in [6.45, 7) is 3.94. The smallest absolute Gasteiger partial charge is 0.255 e. The zero-order valence-corrected chi connectivity index (χ0v) is 11.1. The first-order valence-corrected chi connectivity index (χ1v) is 6.08. The van der Waals surface area contributed by atoms with E-state index in [1.807, 2.05) is 44.2 Å². The summed E-state index contributed by atoms with van der Waals surface area (Å²) < 4.78 is 0. The van der Waals surface area contributed by atoms with Crippen molar-refractivity contribution in [1.82, 2.24) is 0 Å². The number of anilines is 1. The molecule has 2 nitrogen and oxygen atoms in total. The average molecular weight is 260 g/mol. The zero-order chi connectivity index (χ0) is 13.1. The van der Waals surface area contributed by atoms with E-state index in [2.05, 4.69) is 5.32 Å². The summed E-state index contributed by atoms with van der Waals surface area (Å²) in [5.41, 5.74) is 3.44. The number of halogens is 1. The van der Waals surface area contributed by atoms with Crippen LogP contribution in [-0.4, -0.2) is 5.91 Å². The van der Waals surface area contributed by atoms with Crippen LogP contribution in [0.1, 0.15) is 21.5 Å². The molecule has 0 atom stereocenters. The molecule has 1 amide bonds. The van der Waals surface area contributed by atoms with Crippen LogP contribution in [0, 0.1) is 13.8 Å². The zero-order valence-electron chi connectivity index (χ0n) is 10.3. The highest BCUT2D eigenvalue weighted by molar-refractivity contribution is 6.34. The van der Waals surface area contributed by atoms with Gasteiger partial charge in [0.25, 0.3) is 5.91 Å². The van der Waals surface area contributed by atoms with Gasteiger partial charge in [-0.05, 0) is 43.7 Å². The Labute approximate surface area is 112 Å². The van der Waals surface area contributed by atoms with E-state index in [-0.39, 0.29) is 5.91 Å². The molecule has 2 rings (SSSR count). The van der Waals surface area contributed by atoms with E-state index in [0.29, 0.717) is 16.3 Å². The van der Waals surface area contributed by atoms with Crippen LogP contribution in [0.25, 0.3) is 0 Å². The molecule has 0 aliphatic heterocycles. The molecule has 0 radical (unpaired) electrons. The van der Waals surface area contributed by atoms with E-state index in [0.717, 1.165) is 11.1 Å². The van der Waals surface area contributed by atoms with Gasteiger partial charge in [-0.3, -0.25) is 4.79 Å². The Balaban J connectivity index is 2.18. The molecule has 0 aliphatic rings. The van der Waals surface area contributed by atoms with Crippen LogP contribution in [-0.2, 0) is 0 Å². The molecule has 0 saturated heterocycles. The van der Waals surface area contributed by atoms with Crippen molar-refractivity contribution in [2.75, 3.05) is 5.32 Å². The van der Waals surface area contributed by atoms with Crippen LogP contribution < -0.4 is 5.32 Å². The normalized spacial score (nSPS) is 10.2. The fourth-order valence-electron chi connectivity index (χ4n) is 1.62. The second kappa shape index (κ2) is 5.23. The van der Waals surface area contributed by atoms with Crippen molar-refractivity contribution in [3.05, 3.63) is 64.2 Å². The van der Waals surface area contributed by atoms with Crippen LogP contribution in [0.4, 0.5) is 5.69 Å². The SMILES string of the molecule is Cc1ccc(C(=O)Nc2ccc(C)cc2Cl)cc1.